The molecule has 1 amide bonds. The van der Waals surface area contributed by atoms with Crippen molar-refractivity contribution in [2.45, 2.75) is 51.6 Å². The van der Waals surface area contributed by atoms with Gasteiger partial charge in [-0.3, -0.25) is 4.79 Å². The summed E-state index contributed by atoms with van der Waals surface area (Å²) in [4.78, 5) is 21.2. The predicted octanol–water partition coefficient (Wildman–Crippen LogP) is 5.40. The summed E-state index contributed by atoms with van der Waals surface area (Å²) in [6, 6.07) is 13.4. The van der Waals surface area contributed by atoms with Gasteiger partial charge in [0, 0.05) is 41.9 Å². The molecule has 1 aromatic heterocycles. The number of nitrogens with zero attached hydrogens (tertiary/aromatic N) is 2. The number of halogens is 2. The van der Waals surface area contributed by atoms with E-state index in [2.05, 4.69) is 11.9 Å². The number of amides is 1. The standard InChI is InChI=1S/C30H33F2N3O2S/c1-5-18-11-12-19(31)14-20(18)28-34-25(23(38-28)13-17-9-7-6-8-10-17)27(30(2,3)4)35-16-21-22(32)15-33-24(21)26(36)29(35)37/h5-12,14,21-22,24,26-27,33,36H,1,13,15-16H2,2-4H3. The fraction of sp³-hybridized carbons (Fsp3) is 0.400. The van der Waals surface area contributed by atoms with E-state index in [0.717, 1.165) is 16.0 Å². The van der Waals surface area contributed by atoms with Gasteiger partial charge in [0.1, 0.15) is 23.1 Å². The number of piperidine rings is 1. The maximum Gasteiger partial charge on any atom is 0.253 e. The Bertz CT molecular complexity index is 1340. The zero-order valence-corrected chi connectivity index (χ0v) is 22.6. The molecule has 38 heavy (non-hydrogen) atoms. The summed E-state index contributed by atoms with van der Waals surface area (Å²) < 4.78 is 29.2. The van der Waals surface area contributed by atoms with Crippen molar-refractivity contribution in [3.05, 3.63) is 82.6 Å². The molecule has 200 valence electrons. The molecule has 8 heteroatoms. The lowest BCUT2D eigenvalue weighted by atomic mass is 9.79. The minimum Gasteiger partial charge on any atom is -0.382 e. The van der Waals surface area contributed by atoms with Crippen LogP contribution in [0.2, 0.25) is 0 Å². The molecule has 0 aliphatic carbocycles. The molecule has 2 saturated heterocycles. The molecule has 5 atom stereocenters. The van der Waals surface area contributed by atoms with Gasteiger partial charge in [-0.2, -0.15) is 0 Å². The van der Waals surface area contributed by atoms with E-state index in [1.165, 1.54) is 23.5 Å². The first-order valence-corrected chi connectivity index (χ1v) is 13.7. The number of alkyl halides is 1. The number of aliphatic hydroxyl groups excluding tert-OH is 1. The van der Waals surface area contributed by atoms with Crippen molar-refractivity contribution >= 4 is 23.3 Å². The molecule has 0 spiro atoms. The van der Waals surface area contributed by atoms with E-state index in [9.17, 15) is 18.7 Å². The summed E-state index contributed by atoms with van der Waals surface area (Å²) in [5.41, 5.74) is 2.68. The maximum atomic E-state index is 14.8. The van der Waals surface area contributed by atoms with E-state index >= 15 is 0 Å². The number of likely N-dealkylation sites (tertiary alicyclic amines) is 1. The molecular weight excluding hydrogens is 504 g/mol. The molecule has 2 fully saturated rings. The Kier molecular flexibility index (Phi) is 7.24. The summed E-state index contributed by atoms with van der Waals surface area (Å²) in [7, 11) is 0. The van der Waals surface area contributed by atoms with Crippen molar-refractivity contribution in [3.63, 3.8) is 0 Å². The van der Waals surface area contributed by atoms with Gasteiger partial charge in [-0.15, -0.1) is 11.3 Å². The number of aliphatic hydroxyl groups is 1. The summed E-state index contributed by atoms with van der Waals surface area (Å²) >= 11 is 1.46. The predicted molar refractivity (Wildman–Crippen MR) is 147 cm³/mol. The molecule has 2 aliphatic heterocycles. The third-order valence-corrected chi connectivity index (χ3v) is 8.65. The van der Waals surface area contributed by atoms with Crippen LogP contribution in [0.5, 0.6) is 0 Å². The monoisotopic (exact) mass is 537 g/mol. The Balaban J connectivity index is 1.65. The second kappa shape index (κ2) is 10.3. The van der Waals surface area contributed by atoms with Crippen LogP contribution in [0.1, 0.15) is 48.5 Å². The number of benzene rings is 2. The van der Waals surface area contributed by atoms with Crippen molar-refractivity contribution in [1.82, 2.24) is 15.2 Å². The van der Waals surface area contributed by atoms with E-state index in [0.29, 0.717) is 22.7 Å². The van der Waals surface area contributed by atoms with Gasteiger partial charge in [0.25, 0.3) is 5.91 Å². The zero-order chi connectivity index (χ0) is 27.2. The lowest BCUT2D eigenvalue weighted by Crippen LogP contribution is -2.60. The number of fused-ring (bicyclic) bond motifs is 1. The molecule has 3 heterocycles. The number of hydrogen-bond donors (Lipinski definition) is 2. The van der Waals surface area contributed by atoms with Crippen LogP contribution in [-0.2, 0) is 11.2 Å². The van der Waals surface area contributed by atoms with Gasteiger partial charge in [-0.1, -0.05) is 69.8 Å². The molecule has 2 aliphatic rings. The molecule has 0 radical (unpaired) electrons. The lowest BCUT2D eigenvalue weighted by molar-refractivity contribution is -0.155. The van der Waals surface area contributed by atoms with E-state index in [-0.39, 0.29) is 18.9 Å². The quantitative estimate of drug-likeness (QED) is 0.442. The number of carbonyl (C=O) groups is 1. The lowest BCUT2D eigenvalue weighted by Gasteiger charge is -2.46. The van der Waals surface area contributed by atoms with Gasteiger partial charge in [-0.25, -0.2) is 13.8 Å². The van der Waals surface area contributed by atoms with Gasteiger partial charge < -0.3 is 15.3 Å². The van der Waals surface area contributed by atoms with E-state index in [4.69, 9.17) is 4.98 Å². The minimum atomic E-state index is -1.33. The average molecular weight is 538 g/mol. The molecule has 5 unspecified atom stereocenters. The Morgan fingerprint density at radius 2 is 2.00 bits per heavy atom. The van der Waals surface area contributed by atoms with Gasteiger partial charge in [0.05, 0.1) is 11.7 Å². The molecule has 0 bridgehead atoms. The normalized spacial score (nSPS) is 24.4. The highest BCUT2D eigenvalue weighted by molar-refractivity contribution is 7.15. The summed E-state index contributed by atoms with van der Waals surface area (Å²) in [6.45, 7) is 10.2. The van der Waals surface area contributed by atoms with Crippen molar-refractivity contribution in [2.24, 2.45) is 11.3 Å². The smallest absolute Gasteiger partial charge is 0.253 e. The number of thiazole rings is 1. The molecule has 0 saturated carbocycles. The van der Waals surface area contributed by atoms with Crippen LogP contribution in [-0.4, -0.2) is 52.3 Å². The van der Waals surface area contributed by atoms with Gasteiger partial charge in [0.15, 0.2) is 0 Å². The van der Waals surface area contributed by atoms with Crippen molar-refractivity contribution in [3.8, 4) is 10.6 Å². The third kappa shape index (κ3) is 4.93. The number of nitrogens with one attached hydrogen (secondary N) is 1. The van der Waals surface area contributed by atoms with E-state index in [1.807, 2.05) is 51.1 Å². The van der Waals surface area contributed by atoms with Gasteiger partial charge in [-0.05, 0) is 28.7 Å². The van der Waals surface area contributed by atoms with Crippen LogP contribution < -0.4 is 5.32 Å². The fourth-order valence-corrected chi connectivity index (χ4v) is 6.91. The molecule has 5 nitrogen and oxygen atoms in total. The Labute approximate surface area is 226 Å². The number of aromatic nitrogens is 1. The van der Waals surface area contributed by atoms with Gasteiger partial charge in [0.2, 0.25) is 0 Å². The Morgan fingerprint density at radius 3 is 2.68 bits per heavy atom. The molecule has 2 N–H and O–H groups in total. The first-order valence-electron chi connectivity index (χ1n) is 12.9. The zero-order valence-electron chi connectivity index (χ0n) is 21.8. The molecule has 5 rings (SSSR count). The van der Waals surface area contributed by atoms with Crippen molar-refractivity contribution in [1.29, 1.82) is 0 Å². The minimum absolute atomic E-state index is 0.123. The number of rotatable bonds is 6. The SMILES string of the molecule is C=Cc1ccc(F)cc1-c1nc(C(N2CC3C(F)CNC3C(O)C2=O)C(C)(C)C)c(Cc2ccccc2)s1. The summed E-state index contributed by atoms with van der Waals surface area (Å²) in [6.07, 6.45) is -0.232. The molecule has 2 aromatic carbocycles. The van der Waals surface area contributed by atoms with Crippen LogP contribution in [0.4, 0.5) is 8.78 Å². The second-order valence-corrected chi connectivity index (χ2v) is 12.3. The maximum absolute atomic E-state index is 14.8. The number of hydrogen-bond acceptors (Lipinski definition) is 5. The highest BCUT2D eigenvalue weighted by Gasteiger charge is 2.52. The van der Waals surface area contributed by atoms with Crippen molar-refractivity contribution in [2.75, 3.05) is 13.1 Å². The van der Waals surface area contributed by atoms with Crippen LogP contribution >= 0.6 is 11.3 Å². The van der Waals surface area contributed by atoms with Crippen molar-refractivity contribution < 1.29 is 18.7 Å². The average Bonchev–Trinajstić information content (AvgIpc) is 3.45. The third-order valence-electron chi connectivity index (χ3n) is 7.55. The second-order valence-electron chi connectivity index (χ2n) is 11.2. The largest absolute Gasteiger partial charge is 0.382 e. The van der Waals surface area contributed by atoms with E-state index in [1.54, 1.807) is 17.0 Å². The van der Waals surface area contributed by atoms with Crippen LogP contribution in [0, 0.1) is 17.2 Å². The Morgan fingerprint density at radius 1 is 1.26 bits per heavy atom. The fourth-order valence-electron chi connectivity index (χ4n) is 5.74. The van der Waals surface area contributed by atoms with E-state index < -0.39 is 41.6 Å². The highest BCUT2D eigenvalue weighted by Crippen LogP contribution is 2.46. The van der Waals surface area contributed by atoms with Crippen LogP contribution in [0.15, 0.2) is 55.1 Å². The summed E-state index contributed by atoms with van der Waals surface area (Å²) in [5, 5.41) is 14.5. The van der Waals surface area contributed by atoms with Gasteiger partial charge >= 0.3 is 0 Å². The molecule has 3 aromatic rings. The van der Waals surface area contributed by atoms with Crippen LogP contribution in [0.3, 0.4) is 0 Å². The Hall–Kier alpha value is -2.94. The topological polar surface area (TPSA) is 65.5 Å². The molecular formula is C30H33F2N3O2S. The summed E-state index contributed by atoms with van der Waals surface area (Å²) in [5.74, 6) is -1.30. The first-order chi connectivity index (χ1) is 18.1. The number of carbonyl (C=O) groups excluding carboxylic acids is 1. The van der Waals surface area contributed by atoms with Crippen LogP contribution in [0.25, 0.3) is 16.6 Å². The highest BCUT2D eigenvalue weighted by atomic mass is 32.1. The first kappa shape index (κ1) is 26.7.